The molecule has 0 radical (unpaired) electrons. The largest absolute Gasteiger partial charge is 0.497 e. The minimum Gasteiger partial charge on any atom is -0.497 e. The number of aryl methyl sites for hydroxylation is 1. The highest BCUT2D eigenvalue weighted by Crippen LogP contribution is 2.25. The predicted molar refractivity (Wildman–Crippen MR) is 147 cm³/mol. The average Bonchev–Trinajstić information content (AvgIpc) is 3.38. The van der Waals surface area contributed by atoms with Crippen LogP contribution in [0.2, 0.25) is 0 Å². The van der Waals surface area contributed by atoms with E-state index in [1.54, 1.807) is 42.3 Å². The van der Waals surface area contributed by atoms with Crippen molar-refractivity contribution in [2.45, 2.75) is 20.0 Å². The van der Waals surface area contributed by atoms with E-state index in [9.17, 15) is 9.59 Å². The molecule has 0 bridgehead atoms. The fraction of sp³-hybridized carbons (Fsp3) is 0.321. The first-order valence-corrected chi connectivity index (χ1v) is 12.7. The van der Waals surface area contributed by atoms with Gasteiger partial charge in [0.25, 0.3) is 5.91 Å². The molecule has 1 aliphatic rings. The molecule has 11 nitrogen and oxygen atoms in total. The number of amides is 1. The van der Waals surface area contributed by atoms with Crippen molar-refractivity contribution >= 4 is 34.8 Å². The molecule has 3 heterocycles. The third kappa shape index (κ3) is 5.77. The Balaban J connectivity index is 1.36. The Morgan fingerprint density at radius 1 is 0.949 bits per heavy atom. The van der Waals surface area contributed by atoms with Crippen LogP contribution in [0, 0.1) is 6.92 Å². The summed E-state index contributed by atoms with van der Waals surface area (Å²) < 4.78 is 11.7. The monoisotopic (exact) mass is 529 g/mol. The highest BCUT2D eigenvalue weighted by Gasteiger charge is 2.25. The minimum atomic E-state index is -0.394. The predicted octanol–water partition coefficient (Wildman–Crippen LogP) is 2.89. The van der Waals surface area contributed by atoms with Gasteiger partial charge in [-0.2, -0.15) is 9.97 Å². The van der Waals surface area contributed by atoms with E-state index in [4.69, 9.17) is 19.4 Å². The van der Waals surface area contributed by atoms with E-state index < -0.39 is 5.97 Å². The smallest absolute Gasteiger partial charge is 0.325 e. The molecule has 0 spiro atoms. The molecule has 1 saturated heterocycles. The second kappa shape index (κ2) is 11.4. The second-order valence-corrected chi connectivity index (χ2v) is 9.34. The molecular weight excluding hydrogens is 498 g/mol. The number of methoxy groups -OCH3 is 2. The molecule has 4 aromatic rings. The van der Waals surface area contributed by atoms with Gasteiger partial charge in [0, 0.05) is 38.3 Å². The van der Waals surface area contributed by atoms with Gasteiger partial charge in [-0.15, -0.1) is 0 Å². The molecule has 0 aliphatic carbocycles. The Morgan fingerprint density at radius 3 is 2.33 bits per heavy atom. The maximum Gasteiger partial charge on any atom is 0.325 e. The summed E-state index contributed by atoms with van der Waals surface area (Å²) in [5.74, 6) is 1.38. The van der Waals surface area contributed by atoms with Gasteiger partial charge >= 0.3 is 5.97 Å². The number of benzene rings is 2. The first-order chi connectivity index (χ1) is 18.9. The van der Waals surface area contributed by atoms with Gasteiger partial charge in [0.15, 0.2) is 17.0 Å². The van der Waals surface area contributed by atoms with Crippen LogP contribution in [0.15, 0.2) is 54.9 Å². The number of esters is 1. The number of fused-ring (bicyclic) bond motifs is 1. The molecule has 5 rings (SSSR count). The lowest BCUT2D eigenvalue weighted by Gasteiger charge is -2.35. The van der Waals surface area contributed by atoms with Crippen molar-refractivity contribution < 1.29 is 19.1 Å². The van der Waals surface area contributed by atoms with Crippen LogP contribution in [0.1, 0.15) is 21.5 Å². The van der Waals surface area contributed by atoms with Crippen molar-refractivity contribution in [2.24, 2.45) is 0 Å². The summed E-state index contributed by atoms with van der Waals surface area (Å²) in [6.45, 7) is 4.78. The van der Waals surface area contributed by atoms with Crippen LogP contribution in [-0.4, -0.2) is 76.7 Å². The fourth-order valence-corrected chi connectivity index (χ4v) is 4.43. The minimum absolute atomic E-state index is 0.00893. The van der Waals surface area contributed by atoms with Gasteiger partial charge in [0.2, 0.25) is 5.95 Å². The number of carbonyl (C=O) groups is 2. The number of ether oxygens (including phenoxy) is 2. The Hall–Kier alpha value is -4.67. The molecule has 0 atom stereocenters. The maximum atomic E-state index is 13.0. The molecule has 39 heavy (non-hydrogen) atoms. The number of aromatic nitrogens is 4. The number of nitrogens with one attached hydrogen (secondary N) is 1. The van der Waals surface area contributed by atoms with E-state index in [2.05, 4.69) is 41.5 Å². The molecule has 2 aromatic heterocycles. The number of hydrogen-bond donors (Lipinski definition) is 1. The van der Waals surface area contributed by atoms with E-state index in [1.807, 2.05) is 9.80 Å². The summed E-state index contributed by atoms with van der Waals surface area (Å²) in [6.07, 6.45) is 1.57. The van der Waals surface area contributed by atoms with Crippen LogP contribution >= 0.6 is 0 Å². The number of hydrogen-bond acceptors (Lipinski definition) is 9. The Morgan fingerprint density at radius 2 is 1.67 bits per heavy atom. The van der Waals surface area contributed by atoms with E-state index in [0.29, 0.717) is 67.0 Å². The van der Waals surface area contributed by atoms with Crippen LogP contribution in [0.4, 0.5) is 11.8 Å². The van der Waals surface area contributed by atoms with Gasteiger partial charge in [-0.05, 0) is 36.8 Å². The summed E-state index contributed by atoms with van der Waals surface area (Å²) in [6, 6.07) is 15.4. The number of imidazole rings is 1. The lowest BCUT2D eigenvalue weighted by molar-refractivity contribution is -0.141. The second-order valence-electron chi connectivity index (χ2n) is 9.34. The van der Waals surface area contributed by atoms with Gasteiger partial charge in [-0.25, -0.2) is 4.98 Å². The van der Waals surface area contributed by atoms with Crippen LogP contribution in [0.25, 0.3) is 11.2 Å². The molecule has 2 aromatic carbocycles. The van der Waals surface area contributed by atoms with Crippen molar-refractivity contribution in [1.29, 1.82) is 0 Å². The summed E-state index contributed by atoms with van der Waals surface area (Å²) in [4.78, 5) is 43.0. The first kappa shape index (κ1) is 26.0. The maximum absolute atomic E-state index is 13.0. The third-order valence-corrected chi connectivity index (χ3v) is 6.75. The van der Waals surface area contributed by atoms with E-state index >= 15 is 0 Å². The summed E-state index contributed by atoms with van der Waals surface area (Å²) >= 11 is 0. The van der Waals surface area contributed by atoms with E-state index in [0.717, 1.165) is 5.56 Å². The molecule has 0 saturated carbocycles. The van der Waals surface area contributed by atoms with Crippen LogP contribution in [0.3, 0.4) is 0 Å². The standard InChI is InChI=1S/C28H31N7O4/c1-19-4-6-20(7-5-19)16-29-25-24-26(35(18-30-24)17-23(36)39-3)32-28(31-25)34-14-12-33(13-15-34)27(37)21-8-10-22(38-2)11-9-21/h4-11,18H,12-17H2,1-3H3,(H,29,31,32). The van der Waals surface area contributed by atoms with Crippen molar-refractivity contribution in [2.75, 3.05) is 50.6 Å². The molecule has 1 aliphatic heterocycles. The number of carbonyl (C=O) groups excluding carboxylic acids is 2. The SMILES string of the molecule is COC(=O)Cn1cnc2c(NCc3ccc(C)cc3)nc(N3CCN(C(=O)c4ccc(OC)cc4)CC3)nc21. The van der Waals surface area contributed by atoms with Gasteiger partial charge < -0.3 is 29.2 Å². The number of anilines is 2. The zero-order valence-electron chi connectivity index (χ0n) is 22.3. The van der Waals surface area contributed by atoms with Gasteiger partial charge in [0.1, 0.15) is 12.3 Å². The highest BCUT2D eigenvalue weighted by atomic mass is 16.5. The zero-order chi connectivity index (χ0) is 27.4. The van der Waals surface area contributed by atoms with Gasteiger partial charge in [-0.1, -0.05) is 29.8 Å². The van der Waals surface area contributed by atoms with E-state index in [-0.39, 0.29) is 12.5 Å². The summed E-state index contributed by atoms with van der Waals surface area (Å²) in [5.41, 5.74) is 4.03. The van der Waals surface area contributed by atoms with Gasteiger partial charge in [0.05, 0.1) is 20.5 Å². The zero-order valence-corrected chi connectivity index (χ0v) is 22.3. The van der Waals surface area contributed by atoms with Crippen molar-refractivity contribution in [1.82, 2.24) is 24.4 Å². The Bertz CT molecular complexity index is 1460. The van der Waals surface area contributed by atoms with Crippen molar-refractivity contribution in [3.05, 3.63) is 71.5 Å². The molecule has 11 heteroatoms. The van der Waals surface area contributed by atoms with Gasteiger partial charge in [-0.3, -0.25) is 9.59 Å². The quantitative estimate of drug-likeness (QED) is 0.344. The lowest BCUT2D eigenvalue weighted by Crippen LogP contribution is -2.49. The molecule has 0 unspecified atom stereocenters. The highest BCUT2D eigenvalue weighted by molar-refractivity contribution is 5.94. The van der Waals surface area contributed by atoms with Crippen LogP contribution in [0.5, 0.6) is 5.75 Å². The normalized spacial score (nSPS) is 13.4. The molecule has 1 N–H and O–H groups in total. The lowest BCUT2D eigenvalue weighted by atomic mass is 10.1. The first-order valence-electron chi connectivity index (χ1n) is 12.7. The Labute approximate surface area is 226 Å². The molecule has 1 fully saturated rings. The summed E-state index contributed by atoms with van der Waals surface area (Å²) in [7, 11) is 2.95. The molecule has 202 valence electrons. The Kier molecular flexibility index (Phi) is 7.57. The molecule has 1 amide bonds. The topological polar surface area (TPSA) is 115 Å². The average molecular weight is 530 g/mol. The van der Waals surface area contributed by atoms with Crippen molar-refractivity contribution in [3.63, 3.8) is 0 Å². The number of nitrogens with zero attached hydrogens (tertiary/aromatic N) is 6. The van der Waals surface area contributed by atoms with E-state index in [1.165, 1.54) is 12.7 Å². The number of rotatable bonds is 8. The van der Waals surface area contributed by atoms with Crippen LogP contribution < -0.4 is 15.0 Å². The van der Waals surface area contributed by atoms with Crippen molar-refractivity contribution in [3.8, 4) is 5.75 Å². The van der Waals surface area contributed by atoms with Crippen LogP contribution in [-0.2, 0) is 22.6 Å². The third-order valence-electron chi connectivity index (χ3n) is 6.75. The fourth-order valence-electron chi connectivity index (χ4n) is 4.43. The number of piperazine rings is 1. The molecular formula is C28H31N7O4. The summed E-state index contributed by atoms with van der Waals surface area (Å²) in [5, 5.41) is 3.40.